The van der Waals surface area contributed by atoms with Gasteiger partial charge < -0.3 is 4.90 Å². The Bertz CT molecular complexity index is 717. The molecule has 0 aliphatic carbocycles. The number of sulfonamides is 1. The molecule has 1 fully saturated rings. The maximum Gasteiger partial charge on any atom is 0.240 e. The van der Waals surface area contributed by atoms with Crippen molar-refractivity contribution in [2.75, 3.05) is 6.54 Å². The quantitative estimate of drug-likeness (QED) is 0.845. The van der Waals surface area contributed by atoms with Crippen LogP contribution >= 0.6 is 0 Å². The van der Waals surface area contributed by atoms with Crippen LogP contribution in [-0.2, 0) is 14.8 Å². The smallest absolute Gasteiger partial charge is 0.240 e. The number of nitrogens with one attached hydrogen (secondary N) is 1. The number of Topliss-reactive ketones (excluding diaryl/α,β-unsaturated/α-hetero) is 1. The van der Waals surface area contributed by atoms with Gasteiger partial charge in [0, 0.05) is 30.1 Å². The molecule has 0 bridgehead atoms. The lowest BCUT2D eigenvalue weighted by Gasteiger charge is -2.32. The standard InChI is InChI=1S/C16H22N2O4S/c1-11(19)12-5-7-14(8-6-12)23(21,22)17-13-9-15(20)18(10-13)16(2,3)4/h5-8,13,17H,9-10H2,1-4H3. The zero-order valence-electron chi connectivity index (χ0n) is 13.8. The first-order valence-corrected chi connectivity index (χ1v) is 8.93. The van der Waals surface area contributed by atoms with Gasteiger partial charge in [0.2, 0.25) is 15.9 Å². The Morgan fingerprint density at radius 2 is 1.78 bits per heavy atom. The topological polar surface area (TPSA) is 83.5 Å². The molecule has 0 radical (unpaired) electrons. The van der Waals surface area contributed by atoms with Crippen LogP contribution in [0, 0.1) is 0 Å². The van der Waals surface area contributed by atoms with E-state index >= 15 is 0 Å². The molecule has 1 saturated heterocycles. The lowest BCUT2D eigenvalue weighted by Crippen LogP contribution is -2.44. The van der Waals surface area contributed by atoms with Crippen molar-refractivity contribution in [2.45, 2.75) is 50.6 Å². The van der Waals surface area contributed by atoms with Gasteiger partial charge in [-0.1, -0.05) is 12.1 Å². The van der Waals surface area contributed by atoms with Gasteiger partial charge in [0.05, 0.1) is 4.90 Å². The molecule has 1 aromatic carbocycles. The van der Waals surface area contributed by atoms with Crippen molar-refractivity contribution >= 4 is 21.7 Å². The summed E-state index contributed by atoms with van der Waals surface area (Å²) in [6, 6.07) is 5.32. The first-order valence-electron chi connectivity index (χ1n) is 7.44. The molecule has 1 aliphatic rings. The third-order valence-corrected chi connectivity index (χ3v) is 5.36. The van der Waals surface area contributed by atoms with Crippen LogP contribution in [0.15, 0.2) is 29.2 Å². The number of carbonyl (C=O) groups is 2. The van der Waals surface area contributed by atoms with Gasteiger partial charge in [-0.3, -0.25) is 9.59 Å². The molecule has 7 heteroatoms. The Morgan fingerprint density at radius 3 is 2.22 bits per heavy atom. The number of carbonyl (C=O) groups excluding carboxylic acids is 2. The number of hydrogen-bond donors (Lipinski definition) is 1. The summed E-state index contributed by atoms with van der Waals surface area (Å²) in [5.74, 6) is -0.179. The van der Waals surface area contributed by atoms with Gasteiger partial charge in [0.25, 0.3) is 0 Å². The van der Waals surface area contributed by atoms with Crippen LogP contribution in [0.4, 0.5) is 0 Å². The highest BCUT2D eigenvalue weighted by Crippen LogP contribution is 2.23. The zero-order chi connectivity index (χ0) is 17.4. The van der Waals surface area contributed by atoms with Gasteiger partial charge in [-0.25, -0.2) is 13.1 Å². The molecule has 0 saturated carbocycles. The Hall–Kier alpha value is -1.73. The molecule has 126 valence electrons. The number of likely N-dealkylation sites (tertiary alicyclic amines) is 1. The Balaban J connectivity index is 2.13. The first kappa shape index (κ1) is 17.6. The largest absolute Gasteiger partial charge is 0.336 e. The molecule has 1 unspecified atom stereocenters. The van der Waals surface area contributed by atoms with E-state index in [1.165, 1.54) is 31.2 Å². The fraction of sp³-hybridized carbons (Fsp3) is 0.500. The van der Waals surface area contributed by atoms with E-state index in [2.05, 4.69) is 4.72 Å². The van der Waals surface area contributed by atoms with E-state index < -0.39 is 16.1 Å². The number of rotatable bonds is 4. The van der Waals surface area contributed by atoms with E-state index in [-0.39, 0.29) is 28.5 Å². The second kappa shape index (κ2) is 6.05. The van der Waals surface area contributed by atoms with Crippen LogP contribution in [0.2, 0.25) is 0 Å². The Morgan fingerprint density at radius 1 is 1.22 bits per heavy atom. The summed E-state index contributed by atoms with van der Waals surface area (Å²) in [4.78, 5) is 25.0. The van der Waals surface area contributed by atoms with E-state index in [9.17, 15) is 18.0 Å². The van der Waals surface area contributed by atoms with Crippen molar-refractivity contribution in [3.63, 3.8) is 0 Å². The summed E-state index contributed by atoms with van der Waals surface area (Å²) >= 11 is 0. The van der Waals surface area contributed by atoms with E-state index in [0.717, 1.165) is 0 Å². The highest BCUT2D eigenvalue weighted by atomic mass is 32.2. The average molecular weight is 338 g/mol. The van der Waals surface area contributed by atoms with Gasteiger partial charge in [-0.15, -0.1) is 0 Å². The zero-order valence-corrected chi connectivity index (χ0v) is 14.6. The van der Waals surface area contributed by atoms with Crippen molar-refractivity contribution in [2.24, 2.45) is 0 Å². The normalized spacial score (nSPS) is 19.2. The van der Waals surface area contributed by atoms with Gasteiger partial charge in [-0.2, -0.15) is 0 Å². The second-order valence-electron chi connectivity index (χ2n) is 6.78. The van der Waals surface area contributed by atoms with E-state index in [0.29, 0.717) is 12.1 Å². The monoisotopic (exact) mass is 338 g/mol. The van der Waals surface area contributed by atoms with Crippen molar-refractivity contribution in [1.29, 1.82) is 0 Å². The molecule has 1 aromatic rings. The molecule has 1 N–H and O–H groups in total. The molecule has 1 atom stereocenters. The van der Waals surface area contributed by atoms with Crippen molar-refractivity contribution in [1.82, 2.24) is 9.62 Å². The minimum absolute atomic E-state index is 0.0582. The first-order chi connectivity index (χ1) is 10.5. The maximum atomic E-state index is 12.4. The number of ketones is 1. The second-order valence-corrected chi connectivity index (χ2v) is 8.49. The molecule has 23 heavy (non-hydrogen) atoms. The third kappa shape index (κ3) is 3.97. The summed E-state index contributed by atoms with van der Waals surface area (Å²) < 4.78 is 27.4. The number of amides is 1. The predicted molar refractivity (Wildman–Crippen MR) is 86.6 cm³/mol. The summed E-state index contributed by atoms with van der Waals surface area (Å²) in [7, 11) is -3.72. The molecule has 1 heterocycles. The minimum atomic E-state index is -3.72. The molecule has 0 aromatic heterocycles. The summed E-state index contributed by atoms with van der Waals surface area (Å²) in [6.45, 7) is 7.53. The van der Waals surface area contributed by atoms with Gasteiger partial charge in [0.1, 0.15) is 0 Å². The lowest BCUT2D eigenvalue weighted by atomic mass is 10.1. The van der Waals surface area contributed by atoms with E-state index in [4.69, 9.17) is 0 Å². The average Bonchev–Trinajstić information content (AvgIpc) is 2.79. The number of nitrogens with zero attached hydrogens (tertiary/aromatic N) is 1. The third-order valence-electron chi connectivity index (χ3n) is 3.83. The fourth-order valence-electron chi connectivity index (χ4n) is 2.59. The van der Waals surface area contributed by atoms with Crippen LogP contribution < -0.4 is 4.72 Å². The van der Waals surface area contributed by atoms with Crippen LogP contribution in [-0.4, -0.2) is 43.1 Å². The predicted octanol–water partition coefficient (Wildman–Crippen LogP) is 1.57. The SMILES string of the molecule is CC(=O)c1ccc(S(=O)(=O)NC2CC(=O)N(C(C)(C)C)C2)cc1. The lowest BCUT2D eigenvalue weighted by molar-refractivity contribution is -0.131. The highest BCUT2D eigenvalue weighted by molar-refractivity contribution is 7.89. The van der Waals surface area contributed by atoms with Crippen molar-refractivity contribution < 1.29 is 18.0 Å². The summed E-state index contributed by atoms with van der Waals surface area (Å²) in [5.41, 5.74) is 0.124. The number of benzene rings is 1. The Kier molecular flexibility index (Phi) is 4.64. The fourth-order valence-corrected chi connectivity index (χ4v) is 3.82. The van der Waals surface area contributed by atoms with Crippen LogP contribution in [0.1, 0.15) is 44.5 Å². The molecule has 6 nitrogen and oxygen atoms in total. The molecular weight excluding hydrogens is 316 g/mol. The molecular formula is C16H22N2O4S. The van der Waals surface area contributed by atoms with Gasteiger partial charge >= 0.3 is 0 Å². The van der Waals surface area contributed by atoms with Crippen molar-refractivity contribution in [3.05, 3.63) is 29.8 Å². The van der Waals surface area contributed by atoms with Crippen LogP contribution in [0.5, 0.6) is 0 Å². The minimum Gasteiger partial charge on any atom is -0.336 e. The summed E-state index contributed by atoms with van der Waals surface area (Å²) in [5, 5.41) is 0. The van der Waals surface area contributed by atoms with Crippen LogP contribution in [0.3, 0.4) is 0 Å². The molecule has 0 spiro atoms. The van der Waals surface area contributed by atoms with E-state index in [1.54, 1.807) is 4.90 Å². The molecule has 1 amide bonds. The van der Waals surface area contributed by atoms with Gasteiger partial charge in [-0.05, 0) is 39.8 Å². The molecule has 2 rings (SSSR count). The summed E-state index contributed by atoms with van der Waals surface area (Å²) in [6.07, 6.45) is 0.155. The van der Waals surface area contributed by atoms with Crippen molar-refractivity contribution in [3.8, 4) is 0 Å². The maximum absolute atomic E-state index is 12.4. The molecule has 1 aliphatic heterocycles. The van der Waals surface area contributed by atoms with Crippen LogP contribution in [0.25, 0.3) is 0 Å². The van der Waals surface area contributed by atoms with E-state index in [1.807, 2.05) is 20.8 Å². The Labute approximate surface area is 136 Å². The van der Waals surface area contributed by atoms with Gasteiger partial charge in [0.15, 0.2) is 5.78 Å². The number of hydrogen-bond acceptors (Lipinski definition) is 4. The highest BCUT2D eigenvalue weighted by Gasteiger charge is 2.37.